The molecule has 0 spiro atoms. The molecule has 1 atom stereocenters. The van der Waals surface area contributed by atoms with Crippen molar-refractivity contribution in [3.05, 3.63) is 29.8 Å². The lowest BCUT2D eigenvalue weighted by Crippen LogP contribution is -2.11. The van der Waals surface area contributed by atoms with Crippen LogP contribution >= 0.6 is 0 Å². The highest BCUT2D eigenvalue weighted by atomic mass is 16.5. The van der Waals surface area contributed by atoms with E-state index < -0.39 is 0 Å². The van der Waals surface area contributed by atoms with Crippen LogP contribution in [0.4, 0.5) is 0 Å². The summed E-state index contributed by atoms with van der Waals surface area (Å²) in [7, 11) is 0. The quantitative estimate of drug-likeness (QED) is 0.770. The standard InChI is InChI=1S/C14H19NO/c1-3-5-6-10-13(15)12-9-7-8-11-14(12)16-4-2/h7-9,11,13H,4,6,10,15H2,1-2H3. The van der Waals surface area contributed by atoms with E-state index in [0.717, 1.165) is 24.2 Å². The first kappa shape index (κ1) is 12.6. The van der Waals surface area contributed by atoms with Crippen LogP contribution in [-0.4, -0.2) is 6.61 Å². The fourth-order valence-electron chi connectivity index (χ4n) is 1.58. The molecule has 2 nitrogen and oxygen atoms in total. The highest BCUT2D eigenvalue weighted by molar-refractivity contribution is 5.35. The number of hydrogen-bond donors (Lipinski definition) is 1. The molecule has 0 fully saturated rings. The van der Waals surface area contributed by atoms with Crippen molar-refractivity contribution in [1.29, 1.82) is 0 Å². The summed E-state index contributed by atoms with van der Waals surface area (Å²) < 4.78 is 5.55. The molecule has 0 bridgehead atoms. The van der Waals surface area contributed by atoms with Crippen LogP contribution in [0, 0.1) is 11.8 Å². The van der Waals surface area contributed by atoms with Crippen LogP contribution < -0.4 is 10.5 Å². The van der Waals surface area contributed by atoms with Crippen LogP contribution in [0.5, 0.6) is 5.75 Å². The molecular weight excluding hydrogens is 198 g/mol. The van der Waals surface area contributed by atoms with Crippen molar-refractivity contribution in [3.8, 4) is 17.6 Å². The summed E-state index contributed by atoms with van der Waals surface area (Å²) in [5.74, 6) is 6.80. The SMILES string of the molecule is CC#CCCC(N)c1ccccc1OCC. The van der Waals surface area contributed by atoms with Crippen molar-refractivity contribution >= 4 is 0 Å². The average Bonchev–Trinajstić information content (AvgIpc) is 2.30. The van der Waals surface area contributed by atoms with E-state index in [1.54, 1.807) is 0 Å². The molecule has 0 aliphatic carbocycles. The van der Waals surface area contributed by atoms with E-state index in [1.807, 2.05) is 38.1 Å². The second-order valence-electron chi connectivity index (χ2n) is 3.54. The van der Waals surface area contributed by atoms with Crippen LogP contribution in [0.15, 0.2) is 24.3 Å². The molecule has 0 saturated carbocycles. The minimum Gasteiger partial charge on any atom is -0.494 e. The van der Waals surface area contributed by atoms with Crippen molar-refractivity contribution in [2.45, 2.75) is 32.7 Å². The number of rotatable bonds is 5. The molecule has 0 aliphatic heterocycles. The number of para-hydroxylation sites is 1. The number of hydrogen-bond acceptors (Lipinski definition) is 2. The fraction of sp³-hybridized carbons (Fsp3) is 0.429. The zero-order valence-electron chi connectivity index (χ0n) is 9.99. The van der Waals surface area contributed by atoms with Gasteiger partial charge in [-0.2, -0.15) is 0 Å². The topological polar surface area (TPSA) is 35.2 Å². The number of nitrogens with two attached hydrogens (primary N) is 1. The Balaban J connectivity index is 2.71. The van der Waals surface area contributed by atoms with E-state index in [2.05, 4.69) is 11.8 Å². The molecule has 1 aromatic rings. The molecule has 0 amide bonds. The monoisotopic (exact) mass is 217 g/mol. The van der Waals surface area contributed by atoms with E-state index in [1.165, 1.54) is 0 Å². The van der Waals surface area contributed by atoms with Crippen molar-refractivity contribution in [1.82, 2.24) is 0 Å². The maximum Gasteiger partial charge on any atom is 0.124 e. The predicted molar refractivity (Wildman–Crippen MR) is 67.2 cm³/mol. The van der Waals surface area contributed by atoms with Crippen LogP contribution in [0.25, 0.3) is 0 Å². The highest BCUT2D eigenvalue weighted by Crippen LogP contribution is 2.26. The zero-order chi connectivity index (χ0) is 11.8. The van der Waals surface area contributed by atoms with Gasteiger partial charge >= 0.3 is 0 Å². The zero-order valence-corrected chi connectivity index (χ0v) is 9.99. The molecule has 1 rings (SSSR count). The van der Waals surface area contributed by atoms with Gasteiger partial charge in [-0.25, -0.2) is 0 Å². The van der Waals surface area contributed by atoms with Gasteiger partial charge in [0.15, 0.2) is 0 Å². The van der Waals surface area contributed by atoms with E-state index in [4.69, 9.17) is 10.5 Å². The Morgan fingerprint density at radius 1 is 1.38 bits per heavy atom. The normalized spacial score (nSPS) is 11.4. The lowest BCUT2D eigenvalue weighted by Gasteiger charge is -2.15. The van der Waals surface area contributed by atoms with Gasteiger partial charge in [0.05, 0.1) is 6.61 Å². The Labute approximate surface area is 97.8 Å². The third kappa shape index (κ3) is 3.60. The second kappa shape index (κ2) is 6.92. The third-order valence-corrected chi connectivity index (χ3v) is 2.38. The molecule has 1 unspecified atom stereocenters. The van der Waals surface area contributed by atoms with Gasteiger partial charge in [0.25, 0.3) is 0 Å². The minimum absolute atomic E-state index is 0.00333. The van der Waals surface area contributed by atoms with Gasteiger partial charge in [-0.05, 0) is 26.3 Å². The Morgan fingerprint density at radius 2 is 2.12 bits per heavy atom. The van der Waals surface area contributed by atoms with E-state index in [9.17, 15) is 0 Å². The van der Waals surface area contributed by atoms with Crippen LogP contribution in [0.3, 0.4) is 0 Å². The molecule has 0 radical (unpaired) electrons. The molecule has 0 aliphatic rings. The maximum absolute atomic E-state index is 6.12. The maximum atomic E-state index is 6.12. The summed E-state index contributed by atoms with van der Waals surface area (Å²) in [6, 6.07) is 7.94. The minimum atomic E-state index is 0.00333. The Bertz CT molecular complexity index is 376. The van der Waals surface area contributed by atoms with Gasteiger partial charge in [0, 0.05) is 18.0 Å². The number of benzene rings is 1. The summed E-state index contributed by atoms with van der Waals surface area (Å²) in [5.41, 5.74) is 7.19. The van der Waals surface area contributed by atoms with Gasteiger partial charge in [-0.3, -0.25) is 0 Å². The first-order valence-corrected chi connectivity index (χ1v) is 5.66. The van der Waals surface area contributed by atoms with Gasteiger partial charge in [0.1, 0.15) is 5.75 Å². The van der Waals surface area contributed by atoms with Gasteiger partial charge in [0.2, 0.25) is 0 Å². The Kier molecular flexibility index (Phi) is 5.45. The van der Waals surface area contributed by atoms with Gasteiger partial charge in [-0.1, -0.05) is 18.2 Å². The number of ether oxygens (including phenoxy) is 1. The van der Waals surface area contributed by atoms with Crippen LogP contribution in [-0.2, 0) is 0 Å². The average molecular weight is 217 g/mol. The predicted octanol–water partition coefficient (Wildman–Crippen LogP) is 2.89. The van der Waals surface area contributed by atoms with Gasteiger partial charge < -0.3 is 10.5 Å². The van der Waals surface area contributed by atoms with Crippen molar-refractivity contribution in [3.63, 3.8) is 0 Å². The molecular formula is C14H19NO. The summed E-state index contributed by atoms with van der Waals surface area (Å²) in [5, 5.41) is 0. The van der Waals surface area contributed by atoms with Gasteiger partial charge in [-0.15, -0.1) is 11.8 Å². The molecule has 0 aromatic heterocycles. The molecule has 0 saturated heterocycles. The van der Waals surface area contributed by atoms with E-state index >= 15 is 0 Å². The largest absolute Gasteiger partial charge is 0.494 e. The van der Waals surface area contributed by atoms with Crippen molar-refractivity contribution < 1.29 is 4.74 Å². The summed E-state index contributed by atoms with van der Waals surface area (Å²) in [6.07, 6.45) is 1.70. The first-order valence-electron chi connectivity index (χ1n) is 5.66. The van der Waals surface area contributed by atoms with E-state index in [0.29, 0.717) is 6.61 Å². The highest BCUT2D eigenvalue weighted by Gasteiger charge is 2.10. The lowest BCUT2D eigenvalue weighted by molar-refractivity contribution is 0.333. The molecule has 1 aromatic carbocycles. The smallest absolute Gasteiger partial charge is 0.124 e. The molecule has 2 N–H and O–H groups in total. The molecule has 86 valence electrons. The van der Waals surface area contributed by atoms with Crippen molar-refractivity contribution in [2.75, 3.05) is 6.61 Å². The van der Waals surface area contributed by atoms with Crippen LogP contribution in [0.1, 0.15) is 38.3 Å². The second-order valence-corrected chi connectivity index (χ2v) is 3.54. The fourth-order valence-corrected chi connectivity index (χ4v) is 1.58. The van der Waals surface area contributed by atoms with Crippen LogP contribution in [0.2, 0.25) is 0 Å². The Morgan fingerprint density at radius 3 is 2.81 bits per heavy atom. The lowest BCUT2D eigenvalue weighted by atomic mass is 10.0. The first-order chi connectivity index (χ1) is 7.79. The molecule has 2 heteroatoms. The van der Waals surface area contributed by atoms with Crippen molar-refractivity contribution in [2.24, 2.45) is 5.73 Å². The molecule has 16 heavy (non-hydrogen) atoms. The third-order valence-electron chi connectivity index (χ3n) is 2.38. The summed E-state index contributed by atoms with van der Waals surface area (Å²) in [6.45, 7) is 4.49. The Hall–Kier alpha value is -1.46. The summed E-state index contributed by atoms with van der Waals surface area (Å²) in [4.78, 5) is 0. The summed E-state index contributed by atoms with van der Waals surface area (Å²) >= 11 is 0. The molecule has 0 heterocycles. The van der Waals surface area contributed by atoms with E-state index in [-0.39, 0.29) is 6.04 Å².